The Morgan fingerprint density at radius 1 is 1.00 bits per heavy atom. The van der Waals surface area contributed by atoms with Crippen LogP contribution in [0.3, 0.4) is 0 Å². The van der Waals surface area contributed by atoms with Gasteiger partial charge >= 0.3 is 6.18 Å². The van der Waals surface area contributed by atoms with Crippen molar-refractivity contribution in [3.8, 4) is 11.5 Å². The maximum absolute atomic E-state index is 12.7. The minimum Gasteiger partial charge on any atom is -0.497 e. The molecule has 0 fully saturated rings. The smallest absolute Gasteiger partial charge is 0.416 e. The van der Waals surface area contributed by atoms with Crippen LogP contribution in [0.4, 0.5) is 18.9 Å². The fraction of sp³-hybridized carbons (Fsp3) is 0.200. The normalized spacial score (nSPS) is 11.9. The molecule has 0 aliphatic heterocycles. The van der Waals surface area contributed by atoms with Crippen molar-refractivity contribution in [2.75, 3.05) is 18.9 Å². The Hall–Kier alpha value is -2.42. The summed E-state index contributed by atoms with van der Waals surface area (Å²) < 4.78 is 75.1. The SMILES string of the molecule is COc1ccc(S(=O)(=O)Nc2cccc(C(F)(F)F)c2)c(OC)c1. The Morgan fingerprint density at radius 2 is 1.71 bits per heavy atom. The third-order valence-electron chi connectivity index (χ3n) is 3.10. The molecule has 2 rings (SSSR count). The predicted molar refractivity (Wildman–Crippen MR) is 81.8 cm³/mol. The summed E-state index contributed by atoms with van der Waals surface area (Å²) in [6.45, 7) is 0. The zero-order valence-corrected chi connectivity index (χ0v) is 13.5. The van der Waals surface area contributed by atoms with Crippen LogP contribution in [0.5, 0.6) is 11.5 Å². The lowest BCUT2D eigenvalue weighted by Gasteiger charge is -2.14. The summed E-state index contributed by atoms with van der Waals surface area (Å²) in [4.78, 5) is -0.219. The molecule has 0 aromatic heterocycles. The molecule has 0 aliphatic rings. The highest BCUT2D eigenvalue weighted by Crippen LogP contribution is 2.33. The summed E-state index contributed by atoms with van der Waals surface area (Å²) in [5.74, 6) is 0.388. The van der Waals surface area contributed by atoms with E-state index in [0.29, 0.717) is 11.8 Å². The first kappa shape index (κ1) is 17.9. The number of anilines is 1. The zero-order valence-electron chi connectivity index (χ0n) is 12.7. The van der Waals surface area contributed by atoms with Gasteiger partial charge in [-0.05, 0) is 30.3 Å². The number of hydrogen-bond acceptors (Lipinski definition) is 4. The molecule has 0 heterocycles. The van der Waals surface area contributed by atoms with E-state index in [0.717, 1.165) is 12.1 Å². The molecule has 24 heavy (non-hydrogen) atoms. The highest BCUT2D eigenvalue weighted by molar-refractivity contribution is 7.92. The van der Waals surface area contributed by atoms with Crippen LogP contribution in [-0.4, -0.2) is 22.6 Å². The lowest BCUT2D eigenvalue weighted by Crippen LogP contribution is -2.15. The first-order valence-electron chi connectivity index (χ1n) is 6.59. The molecule has 0 saturated carbocycles. The standard InChI is InChI=1S/C15H14F3NO4S/c1-22-12-6-7-14(13(9-12)23-2)24(20,21)19-11-5-3-4-10(8-11)15(16,17)18/h3-9,19H,1-2H3. The Kier molecular flexibility index (Phi) is 4.93. The first-order valence-corrected chi connectivity index (χ1v) is 8.08. The van der Waals surface area contributed by atoms with E-state index in [2.05, 4.69) is 4.72 Å². The molecule has 2 aromatic rings. The number of alkyl halides is 3. The third-order valence-corrected chi connectivity index (χ3v) is 4.52. The molecule has 0 spiro atoms. The van der Waals surface area contributed by atoms with Gasteiger partial charge in [-0.25, -0.2) is 8.42 Å². The topological polar surface area (TPSA) is 64.6 Å². The molecular weight excluding hydrogens is 347 g/mol. The van der Waals surface area contributed by atoms with Gasteiger partial charge in [-0.15, -0.1) is 0 Å². The van der Waals surface area contributed by atoms with Crippen molar-refractivity contribution in [3.63, 3.8) is 0 Å². The molecule has 0 saturated heterocycles. The fourth-order valence-electron chi connectivity index (χ4n) is 1.97. The van der Waals surface area contributed by atoms with Gasteiger partial charge in [0.25, 0.3) is 10.0 Å². The van der Waals surface area contributed by atoms with Crippen molar-refractivity contribution in [3.05, 3.63) is 48.0 Å². The number of rotatable bonds is 5. The Bertz CT molecular complexity index is 835. The van der Waals surface area contributed by atoms with Crippen LogP contribution >= 0.6 is 0 Å². The van der Waals surface area contributed by atoms with Crippen LogP contribution < -0.4 is 14.2 Å². The molecular formula is C15H14F3NO4S. The van der Waals surface area contributed by atoms with Gasteiger partial charge in [-0.1, -0.05) is 6.07 Å². The molecule has 0 aliphatic carbocycles. The van der Waals surface area contributed by atoms with Crippen LogP contribution in [0.2, 0.25) is 0 Å². The monoisotopic (exact) mass is 361 g/mol. The maximum Gasteiger partial charge on any atom is 0.416 e. The molecule has 9 heteroatoms. The quantitative estimate of drug-likeness (QED) is 0.885. The Morgan fingerprint density at radius 3 is 2.29 bits per heavy atom. The van der Waals surface area contributed by atoms with Gasteiger partial charge in [0.2, 0.25) is 0 Å². The van der Waals surface area contributed by atoms with Gasteiger partial charge in [-0.2, -0.15) is 13.2 Å². The number of benzene rings is 2. The van der Waals surface area contributed by atoms with Gasteiger partial charge < -0.3 is 9.47 Å². The second kappa shape index (κ2) is 6.60. The van der Waals surface area contributed by atoms with Gasteiger partial charge in [0.15, 0.2) is 0 Å². The number of nitrogens with one attached hydrogen (secondary N) is 1. The van der Waals surface area contributed by atoms with Gasteiger partial charge in [0, 0.05) is 11.8 Å². The van der Waals surface area contributed by atoms with E-state index in [1.165, 1.54) is 38.5 Å². The minimum absolute atomic E-state index is 0.00817. The van der Waals surface area contributed by atoms with Crippen LogP contribution in [-0.2, 0) is 16.2 Å². The van der Waals surface area contributed by atoms with Gasteiger partial charge in [-0.3, -0.25) is 4.72 Å². The first-order chi connectivity index (χ1) is 11.2. The van der Waals surface area contributed by atoms with E-state index >= 15 is 0 Å². The molecule has 0 atom stereocenters. The molecule has 0 radical (unpaired) electrons. The van der Waals surface area contributed by atoms with Crippen LogP contribution in [0, 0.1) is 0 Å². The van der Waals surface area contributed by atoms with E-state index < -0.39 is 21.8 Å². The number of ether oxygens (including phenoxy) is 2. The fourth-order valence-corrected chi connectivity index (χ4v) is 3.17. The van der Waals surface area contributed by atoms with Crippen molar-refractivity contribution >= 4 is 15.7 Å². The zero-order chi connectivity index (χ0) is 18.0. The summed E-state index contributed by atoms with van der Waals surface area (Å²) in [6.07, 6.45) is -4.57. The minimum atomic E-state index is -4.57. The summed E-state index contributed by atoms with van der Waals surface area (Å²) in [6, 6.07) is 7.92. The average Bonchev–Trinajstić information content (AvgIpc) is 2.53. The maximum atomic E-state index is 12.7. The van der Waals surface area contributed by atoms with E-state index in [-0.39, 0.29) is 16.3 Å². The number of sulfonamides is 1. The van der Waals surface area contributed by atoms with E-state index in [1.807, 2.05) is 0 Å². The number of methoxy groups -OCH3 is 2. The van der Waals surface area contributed by atoms with Crippen molar-refractivity contribution in [2.24, 2.45) is 0 Å². The van der Waals surface area contributed by atoms with Crippen molar-refractivity contribution in [1.29, 1.82) is 0 Å². The van der Waals surface area contributed by atoms with Crippen LogP contribution in [0.15, 0.2) is 47.4 Å². The average molecular weight is 361 g/mol. The summed E-state index contributed by atoms with van der Waals surface area (Å²) >= 11 is 0. The van der Waals surface area contributed by atoms with Crippen molar-refractivity contribution < 1.29 is 31.1 Å². The van der Waals surface area contributed by atoms with Crippen molar-refractivity contribution in [1.82, 2.24) is 0 Å². The largest absolute Gasteiger partial charge is 0.497 e. The molecule has 5 nitrogen and oxygen atoms in total. The van der Waals surface area contributed by atoms with Crippen LogP contribution in [0.1, 0.15) is 5.56 Å². The summed E-state index contributed by atoms with van der Waals surface area (Å²) in [5, 5.41) is 0. The van der Waals surface area contributed by atoms with E-state index in [9.17, 15) is 21.6 Å². The lowest BCUT2D eigenvalue weighted by molar-refractivity contribution is -0.137. The number of halogens is 3. The molecule has 1 N–H and O–H groups in total. The summed E-state index contributed by atoms with van der Waals surface area (Å²) in [5.41, 5.74) is -1.16. The van der Waals surface area contributed by atoms with E-state index in [4.69, 9.17) is 9.47 Å². The molecule has 2 aromatic carbocycles. The molecule has 0 bridgehead atoms. The van der Waals surface area contributed by atoms with Crippen LogP contribution in [0.25, 0.3) is 0 Å². The molecule has 130 valence electrons. The predicted octanol–water partition coefficient (Wildman–Crippen LogP) is 3.52. The van der Waals surface area contributed by atoms with Gasteiger partial charge in [0.05, 0.1) is 19.8 Å². The highest BCUT2D eigenvalue weighted by Gasteiger charge is 2.31. The van der Waals surface area contributed by atoms with E-state index in [1.54, 1.807) is 0 Å². The Labute approximate surface area is 137 Å². The molecule has 0 amide bonds. The lowest BCUT2D eigenvalue weighted by atomic mass is 10.2. The second-order valence-corrected chi connectivity index (χ2v) is 6.35. The van der Waals surface area contributed by atoms with Crippen molar-refractivity contribution in [2.45, 2.75) is 11.1 Å². The second-order valence-electron chi connectivity index (χ2n) is 4.70. The summed E-state index contributed by atoms with van der Waals surface area (Å²) in [7, 11) is -1.46. The Balaban J connectivity index is 2.39. The third kappa shape index (κ3) is 3.91. The van der Waals surface area contributed by atoms with Gasteiger partial charge in [0.1, 0.15) is 16.4 Å². The molecule has 0 unspecified atom stereocenters. The number of hydrogen-bond donors (Lipinski definition) is 1. The highest BCUT2D eigenvalue weighted by atomic mass is 32.2.